The Bertz CT molecular complexity index is 918. The number of aromatic nitrogens is 1. The number of anilines is 1. The Hall–Kier alpha value is -3.15. The van der Waals surface area contributed by atoms with E-state index >= 15 is 0 Å². The van der Waals surface area contributed by atoms with E-state index in [0.29, 0.717) is 42.9 Å². The molecule has 0 unspecified atom stereocenters. The second kappa shape index (κ2) is 9.87. The zero-order valence-corrected chi connectivity index (χ0v) is 15.9. The quantitative estimate of drug-likeness (QED) is 0.522. The van der Waals surface area contributed by atoms with E-state index in [-0.39, 0.29) is 30.9 Å². The molecule has 0 spiro atoms. The van der Waals surface area contributed by atoms with E-state index in [0.717, 1.165) is 0 Å². The van der Waals surface area contributed by atoms with Crippen molar-refractivity contribution in [2.75, 3.05) is 31.9 Å². The molecule has 3 rings (SSSR count). The van der Waals surface area contributed by atoms with E-state index < -0.39 is 5.82 Å². The van der Waals surface area contributed by atoms with Crippen LogP contribution in [0.4, 0.5) is 10.1 Å². The Morgan fingerprint density at radius 3 is 2.90 bits per heavy atom. The molecule has 4 N–H and O–H groups in total. The number of nitrogens with one attached hydrogen (secondary N) is 1. The number of hydrogen-bond donors (Lipinski definition) is 3. The van der Waals surface area contributed by atoms with Gasteiger partial charge in [0.2, 0.25) is 5.91 Å². The van der Waals surface area contributed by atoms with E-state index in [9.17, 15) is 14.3 Å². The van der Waals surface area contributed by atoms with Gasteiger partial charge in [-0.05, 0) is 25.0 Å². The number of likely N-dealkylation sites (tertiary alicyclic amines) is 1. The van der Waals surface area contributed by atoms with Crippen molar-refractivity contribution in [3.8, 4) is 23.3 Å². The lowest BCUT2D eigenvalue weighted by Gasteiger charge is -2.28. The zero-order valence-electron chi connectivity index (χ0n) is 15.9. The standard InChI is InChI=1S/C21H23FN4O3/c22-18-12-16(23)3-4-20(18)29-19-5-9-24-13-15(19)2-1-8-25-21(28)14-26-10-6-17(27)7-11-26/h3-5,9,12-13,17,27H,6-8,10-11,14,23H2,(H,25,28). The second-order valence-electron chi connectivity index (χ2n) is 6.75. The summed E-state index contributed by atoms with van der Waals surface area (Å²) in [5, 5.41) is 12.2. The highest BCUT2D eigenvalue weighted by Crippen LogP contribution is 2.27. The van der Waals surface area contributed by atoms with Gasteiger partial charge in [0.05, 0.1) is 24.8 Å². The second-order valence-corrected chi connectivity index (χ2v) is 6.75. The molecule has 2 aromatic rings. The average molecular weight is 398 g/mol. The molecule has 1 aliphatic rings. The van der Waals surface area contributed by atoms with Gasteiger partial charge in [-0.25, -0.2) is 4.39 Å². The number of nitrogen functional groups attached to an aromatic ring is 1. The zero-order chi connectivity index (χ0) is 20.6. The number of ether oxygens (including phenoxy) is 1. The van der Waals surface area contributed by atoms with Crippen LogP contribution in [0.1, 0.15) is 18.4 Å². The van der Waals surface area contributed by atoms with Crippen molar-refractivity contribution in [2.45, 2.75) is 18.9 Å². The Labute approximate surface area is 168 Å². The van der Waals surface area contributed by atoms with Crippen LogP contribution in [-0.4, -0.2) is 53.2 Å². The lowest BCUT2D eigenvalue weighted by molar-refractivity contribution is -0.122. The fourth-order valence-corrected chi connectivity index (χ4v) is 2.90. The Morgan fingerprint density at radius 2 is 2.14 bits per heavy atom. The molecule has 152 valence electrons. The molecule has 0 saturated carbocycles. The minimum atomic E-state index is -0.571. The molecule has 1 aromatic carbocycles. The highest BCUT2D eigenvalue weighted by molar-refractivity contribution is 5.78. The third-order valence-corrected chi connectivity index (χ3v) is 4.48. The molecule has 1 aromatic heterocycles. The summed E-state index contributed by atoms with van der Waals surface area (Å²) in [6.07, 6.45) is 4.14. The number of hydrogen-bond acceptors (Lipinski definition) is 6. The Kier molecular flexibility index (Phi) is 7.00. The maximum absolute atomic E-state index is 14.0. The topological polar surface area (TPSA) is 101 Å². The van der Waals surface area contributed by atoms with Gasteiger partial charge in [-0.2, -0.15) is 0 Å². The highest BCUT2D eigenvalue weighted by Gasteiger charge is 2.18. The number of piperidine rings is 1. The maximum Gasteiger partial charge on any atom is 0.234 e. The molecule has 7 nitrogen and oxygen atoms in total. The van der Waals surface area contributed by atoms with Crippen LogP contribution in [-0.2, 0) is 4.79 Å². The van der Waals surface area contributed by atoms with E-state index in [1.165, 1.54) is 24.5 Å². The van der Waals surface area contributed by atoms with Crippen LogP contribution < -0.4 is 15.8 Å². The Morgan fingerprint density at radius 1 is 1.34 bits per heavy atom. The van der Waals surface area contributed by atoms with Gasteiger partial charge in [0.15, 0.2) is 11.6 Å². The van der Waals surface area contributed by atoms with E-state index in [1.807, 2.05) is 4.90 Å². The first-order valence-electron chi connectivity index (χ1n) is 9.34. The third kappa shape index (κ3) is 6.17. The number of carbonyl (C=O) groups excluding carboxylic acids is 1. The molecule has 0 atom stereocenters. The number of aliphatic hydroxyl groups excluding tert-OH is 1. The highest BCUT2D eigenvalue weighted by atomic mass is 19.1. The van der Waals surface area contributed by atoms with Gasteiger partial charge in [0.1, 0.15) is 5.75 Å². The average Bonchev–Trinajstić information content (AvgIpc) is 2.70. The smallest absolute Gasteiger partial charge is 0.234 e. The van der Waals surface area contributed by atoms with Crippen molar-refractivity contribution in [1.29, 1.82) is 0 Å². The number of pyridine rings is 1. The summed E-state index contributed by atoms with van der Waals surface area (Å²) in [6.45, 7) is 1.86. The molecule has 1 saturated heterocycles. The predicted octanol–water partition coefficient (Wildman–Crippen LogP) is 1.52. The van der Waals surface area contributed by atoms with Crippen LogP contribution in [0.15, 0.2) is 36.7 Å². The van der Waals surface area contributed by atoms with E-state index in [1.54, 1.807) is 12.1 Å². The van der Waals surface area contributed by atoms with Gasteiger partial charge in [0, 0.05) is 43.3 Å². The first-order valence-corrected chi connectivity index (χ1v) is 9.34. The summed E-state index contributed by atoms with van der Waals surface area (Å²) < 4.78 is 19.6. The lowest BCUT2D eigenvalue weighted by atomic mass is 10.1. The maximum atomic E-state index is 14.0. The molecule has 1 aliphatic heterocycles. The van der Waals surface area contributed by atoms with Gasteiger partial charge in [-0.3, -0.25) is 14.7 Å². The number of benzene rings is 1. The van der Waals surface area contributed by atoms with Crippen LogP contribution in [0.5, 0.6) is 11.5 Å². The largest absolute Gasteiger partial charge is 0.453 e. The first-order chi connectivity index (χ1) is 14.0. The number of halogens is 1. The number of aliphatic hydroxyl groups is 1. The molecular weight excluding hydrogens is 375 g/mol. The third-order valence-electron chi connectivity index (χ3n) is 4.48. The summed E-state index contributed by atoms with van der Waals surface area (Å²) >= 11 is 0. The van der Waals surface area contributed by atoms with Crippen molar-refractivity contribution in [1.82, 2.24) is 15.2 Å². The van der Waals surface area contributed by atoms with Crippen LogP contribution in [0, 0.1) is 17.7 Å². The van der Waals surface area contributed by atoms with Gasteiger partial charge < -0.3 is 20.9 Å². The number of nitrogens with two attached hydrogens (primary N) is 1. The normalized spacial score (nSPS) is 14.7. The molecule has 29 heavy (non-hydrogen) atoms. The number of amides is 1. The van der Waals surface area contributed by atoms with Gasteiger partial charge >= 0.3 is 0 Å². The van der Waals surface area contributed by atoms with Gasteiger partial charge in [0.25, 0.3) is 0 Å². The van der Waals surface area contributed by atoms with Crippen molar-refractivity contribution in [2.24, 2.45) is 0 Å². The van der Waals surface area contributed by atoms with Gasteiger partial charge in [-0.1, -0.05) is 11.8 Å². The summed E-state index contributed by atoms with van der Waals surface area (Å²) in [5.41, 5.74) is 6.33. The van der Waals surface area contributed by atoms with Crippen LogP contribution >= 0.6 is 0 Å². The minimum Gasteiger partial charge on any atom is -0.453 e. The predicted molar refractivity (Wildman–Crippen MR) is 107 cm³/mol. The van der Waals surface area contributed by atoms with Crippen molar-refractivity contribution in [3.63, 3.8) is 0 Å². The fourth-order valence-electron chi connectivity index (χ4n) is 2.90. The van der Waals surface area contributed by atoms with Gasteiger partial charge in [-0.15, -0.1) is 0 Å². The number of rotatable bonds is 5. The van der Waals surface area contributed by atoms with E-state index in [2.05, 4.69) is 22.1 Å². The summed E-state index contributed by atoms with van der Waals surface area (Å²) in [4.78, 5) is 18.0. The molecule has 1 amide bonds. The molecule has 1 fully saturated rings. The fraction of sp³-hybridized carbons (Fsp3) is 0.333. The van der Waals surface area contributed by atoms with E-state index in [4.69, 9.17) is 10.5 Å². The summed E-state index contributed by atoms with van der Waals surface area (Å²) in [6, 6.07) is 5.76. The Balaban J connectivity index is 1.54. The molecule has 2 heterocycles. The lowest BCUT2D eigenvalue weighted by Crippen LogP contribution is -2.42. The summed E-state index contributed by atoms with van der Waals surface area (Å²) in [5.74, 6) is 5.43. The molecule has 0 aliphatic carbocycles. The van der Waals surface area contributed by atoms with Crippen molar-refractivity contribution < 1.29 is 19.0 Å². The van der Waals surface area contributed by atoms with Crippen LogP contribution in [0.25, 0.3) is 0 Å². The van der Waals surface area contributed by atoms with Crippen LogP contribution in [0.2, 0.25) is 0 Å². The first kappa shape index (κ1) is 20.6. The molecule has 0 bridgehead atoms. The summed E-state index contributed by atoms with van der Waals surface area (Å²) in [7, 11) is 0. The molecule has 0 radical (unpaired) electrons. The molecule has 8 heteroatoms. The molecular formula is C21H23FN4O3. The SMILES string of the molecule is Nc1ccc(Oc2ccncc2C#CCNC(=O)CN2CCC(O)CC2)c(F)c1. The van der Waals surface area contributed by atoms with Crippen molar-refractivity contribution in [3.05, 3.63) is 48.0 Å². The number of carbonyl (C=O) groups is 1. The minimum absolute atomic E-state index is 0.0356. The van der Waals surface area contributed by atoms with Crippen molar-refractivity contribution >= 4 is 11.6 Å². The number of nitrogens with zero attached hydrogens (tertiary/aromatic N) is 2. The van der Waals surface area contributed by atoms with Crippen LogP contribution in [0.3, 0.4) is 0 Å². The monoisotopic (exact) mass is 398 g/mol.